The topological polar surface area (TPSA) is 86.7 Å². The molecule has 0 saturated carbocycles. The number of rotatable bonds is 10. The number of ether oxygens (including phenoxy) is 2. The maximum atomic E-state index is 13.4. The van der Waals surface area contributed by atoms with E-state index in [0.717, 1.165) is 34.4 Å². The third kappa shape index (κ3) is 7.14. The van der Waals surface area contributed by atoms with Crippen molar-refractivity contribution in [3.8, 4) is 28.4 Å². The van der Waals surface area contributed by atoms with Crippen molar-refractivity contribution in [2.45, 2.75) is 32.9 Å². The molecule has 0 radical (unpaired) electrons. The van der Waals surface area contributed by atoms with Crippen LogP contribution in [0.25, 0.3) is 11.1 Å². The Hall–Kier alpha value is -5.18. The van der Waals surface area contributed by atoms with Crippen molar-refractivity contribution >= 4 is 19.7 Å². The molecule has 0 N–H and O–H groups in total. The molecule has 0 aliphatic carbocycles. The molecule has 0 unspecified atom stereocenters. The van der Waals surface area contributed by atoms with Gasteiger partial charge in [0.05, 0.1) is 26.7 Å². The van der Waals surface area contributed by atoms with E-state index in [9.17, 15) is 16.8 Å². The zero-order valence-electron chi connectivity index (χ0n) is 25.8. The van der Waals surface area contributed by atoms with Crippen LogP contribution in [0.5, 0.6) is 17.2 Å². The predicted octanol–water partition coefficient (Wildman–Crippen LogP) is 8.72. The average molecular weight is 661 g/mol. The Balaban J connectivity index is 1.10. The van der Waals surface area contributed by atoms with E-state index >= 15 is 0 Å². The van der Waals surface area contributed by atoms with Crippen molar-refractivity contribution in [3.05, 3.63) is 162 Å². The van der Waals surface area contributed by atoms with Gasteiger partial charge in [0.15, 0.2) is 0 Å². The van der Waals surface area contributed by atoms with Gasteiger partial charge in [-0.15, -0.1) is 0 Å². The first-order valence-electron chi connectivity index (χ1n) is 14.9. The Kier molecular flexibility index (Phi) is 8.98. The molecule has 0 aliphatic heterocycles. The van der Waals surface area contributed by atoms with E-state index in [1.54, 1.807) is 92.0 Å². The fourth-order valence-corrected chi connectivity index (χ4v) is 7.64. The summed E-state index contributed by atoms with van der Waals surface area (Å²) in [4.78, 5) is 0.734. The highest BCUT2D eigenvalue weighted by molar-refractivity contribution is 7.91. The first-order valence-corrected chi connectivity index (χ1v) is 17.9. The summed E-state index contributed by atoms with van der Waals surface area (Å²) in [5.74, 6) is 1.99. The fraction of sp³-hybridized carbons (Fsp3) is 0.0769. The quantitative estimate of drug-likeness (QED) is 0.146. The maximum absolute atomic E-state index is 13.4. The molecular formula is C39H32O6S2. The molecule has 6 nitrogen and oxygen atoms in total. The normalized spacial score (nSPS) is 11.6. The van der Waals surface area contributed by atoms with Crippen LogP contribution in [-0.4, -0.2) is 23.9 Å². The molecule has 6 rings (SSSR count). The number of hydrogen-bond donors (Lipinski definition) is 0. The summed E-state index contributed by atoms with van der Waals surface area (Å²) in [5, 5.41) is 0. The number of benzene rings is 6. The van der Waals surface area contributed by atoms with Gasteiger partial charge in [0, 0.05) is 0 Å². The van der Waals surface area contributed by atoms with E-state index < -0.39 is 19.7 Å². The molecule has 47 heavy (non-hydrogen) atoms. The summed E-state index contributed by atoms with van der Waals surface area (Å²) in [5.41, 5.74) is 4.83. The minimum Gasteiger partial charge on any atom is -0.497 e. The smallest absolute Gasteiger partial charge is 0.206 e. The summed E-state index contributed by atoms with van der Waals surface area (Å²) >= 11 is 0. The molecule has 0 fully saturated rings. The first-order chi connectivity index (χ1) is 22.6. The van der Waals surface area contributed by atoms with E-state index in [-0.39, 0.29) is 19.6 Å². The van der Waals surface area contributed by atoms with Gasteiger partial charge in [0.2, 0.25) is 19.7 Å². The fourth-order valence-electron chi connectivity index (χ4n) is 5.12. The van der Waals surface area contributed by atoms with Crippen molar-refractivity contribution in [3.63, 3.8) is 0 Å². The molecule has 0 amide bonds. The molecular weight excluding hydrogens is 629 g/mol. The molecule has 236 valence electrons. The molecule has 0 spiro atoms. The number of aryl methyl sites for hydroxylation is 1. The third-order valence-electron chi connectivity index (χ3n) is 7.85. The van der Waals surface area contributed by atoms with E-state index in [4.69, 9.17) is 9.47 Å². The van der Waals surface area contributed by atoms with Gasteiger partial charge in [-0.1, -0.05) is 66.2 Å². The lowest BCUT2D eigenvalue weighted by atomic mass is 10.0. The second-order valence-electron chi connectivity index (χ2n) is 11.1. The number of methoxy groups -OCH3 is 1. The van der Waals surface area contributed by atoms with Gasteiger partial charge in [-0.25, -0.2) is 16.8 Å². The molecule has 6 aromatic rings. The van der Waals surface area contributed by atoms with Crippen molar-refractivity contribution in [2.24, 2.45) is 0 Å². The molecule has 0 heterocycles. The first kappa shape index (κ1) is 31.8. The van der Waals surface area contributed by atoms with Gasteiger partial charge < -0.3 is 9.47 Å². The van der Waals surface area contributed by atoms with E-state index in [0.29, 0.717) is 11.5 Å². The summed E-state index contributed by atoms with van der Waals surface area (Å²) in [6.45, 7) is 1.90. The third-order valence-corrected chi connectivity index (χ3v) is 11.4. The predicted molar refractivity (Wildman–Crippen MR) is 183 cm³/mol. The largest absolute Gasteiger partial charge is 0.497 e. The van der Waals surface area contributed by atoms with Crippen molar-refractivity contribution in [1.29, 1.82) is 0 Å². The molecule has 0 aromatic heterocycles. The Morgan fingerprint density at radius 3 is 1.13 bits per heavy atom. The van der Waals surface area contributed by atoms with E-state index in [1.807, 2.05) is 55.5 Å². The Bertz CT molecular complexity index is 2190. The second kappa shape index (κ2) is 13.3. The molecule has 0 saturated heterocycles. The zero-order valence-corrected chi connectivity index (χ0v) is 27.5. The Morgan fingerprint density at radius 2 is 0.745 bits per heavy atom. The maximum Gasteiger partial charge on any atom is 0.206 e. The summed E-state index contributed by atoms with van der Waals surface area (Å²) < 4.78 is 63.9. The summed E-state index contributed by atoms with van der Waals surface area (Å²) in [6, 6.07) is 41.9. The van der Waals surface area contributed by atoms with Crippen LogP contribution in [0.15, 0.2) is 165 Å². The lowest BCUT2D eigenvalue weighted by Crippen LogP contribution is -2.02. The summed E-state index contributed by atoms with van der Waals surface area (Å²) in [7, 11) is -5.76. The van der Waals surface area contributed by atoms with Crippen LogP contribution in [0, 0.1) is 6.92 Å². The van der Waals surface area contributed by atoms with Crippen LogP contribution < -0.4 is 9.47 Å². The molecule has 0 bridgehead atoms. The van der Waals surface area contributed by atoms with Gasteiger partial charge in [-0.05, 0) is 121 Å². The minimum atomic E-state index is -3.77. The molecule has 0 atom stereocenters. The van der Waals surface area contributed by atoms with Crippen LogP contribution >= 0.6 is 0 Å². The van der Waals surface area contributed by atoms with Crippen LogP contribution in [0.4, 0.5) is 0 Å². The minimum absolute atomic E-state index is 0.151. The Morgan fingerprint density at radius 1 is 0.426 bits per heavy atom. The lowest BCUT2D eigenvalue weighted by Gasteiger charge is -2.10. The molecule has 8 heteroatoms. The van der Waals surface area contributed by atoms with Crippen molar-refractivity contribution in [2.75, 3.05) is 7.11 Å². The van der Waals surface area contributed by atoms with Crippen LogP contribution in [0.2, 0.25) is 0 Å². The standard InChI is InChI=1S/C39H32O6S2/c1-28-3-19-36(20-4-28)46(40,41)37-21-9-31(10-22-37)32-11-23-38(24-12-32)47(42,43)39-25-17-35(18-26-39)45-34-15-7-30(8-16-34)27-29-5-13-33(44-2)14-6-29/h3-26H,27H2,1-2H3. The van der Waals surface area contributed by atoms with Crippen LogP contribution in [0.1, 0.15) is 16.7 Å². The van der Waals surface area contributed by atoms with E-state index in [1.165, 1.54) is 17.7 Å². The molecule has 6 aromatic carbocycles. The zero-order chi connectivity index (χ0) is 33.0. The van der Waals surface area contributed by atoms with Gasteiger partial charge in [0.1, 0.15) is 17.2 Å². The van der Waals surface area contributed by atoms with E-state index in [2.05, 4.69) is 0 Å². The number of hydrogen-bond acceptors (Lipinski definition) is 6. The SMILES string of the molecule is COc1ccc(Cc2ccc(Oc3ccc(S(=O)(=O)c4ccc(-c5ccc(S(=O)(=O)c6ccc(C)cc6)cc5)cc4)cc3)cc2)cc1. The lowest BCUT2D eigenvalue weighted by molar-refractivity contribution is 0.414. The highest BCUT2D eigenvalue weighted by atomic mass is 32.2. The van der Waals surface area contributed by atoms with Gasteiger partial charge in [-0.2, -0.15) is 0 Å². The summed E-state index contributed by atoms with van der Waals surface area (Å²) in [6.07, 6.45) is 0.781. The van der Waals surface area contributed by atoms with Gasteiger partial charge >= 0.3 is 0 Å². The van der Waals surface area contributed by atoms with Crippen LogP contribution in [-0.2, 0) is 26.1 Å². The molecule has 0 aliphatic rings. The second-order valence-corrected chi connectivity index (χ2v) is 15.0. The highest BCUT2D eigenvalue weighted by Crippen LogP contribution is 2.30. The van der Waals surface area contributed by atoms with Crippen molar-refractivity contribution in [1.82, 2.24) is 0 Å². The average Bonchev–Trinajstić information content (AvgIpc) is 3.10. The van der Waals surface area contributed by atoms with Gasteiger partial charge in [0.25, 0.3) is 0 Å². The Labute approximate surface area is 275 Å². The van der Waals surface area contributed by atoms with Gasteiger partial charge in [-0.3, -0.25) is 0 Å². The van der Waals surface area contributed by atoms with Crippen LogP contribution in [0.3, 0.4) is 0 Å². The monoisotopic (exact) mass is 660 g/mol. The van der Waals surface area contributed by atoms with Crippen molar-refractivity contribution < 1.29 is 26.3 Å². The highest BCUT2D eigenvalue weighted by Gasteiger charge is 2.19. The number of sulfone groups is 2.